The molecule has 1 heteroatoms. The first-order valence-corrected chi connectivity index (χ1v) is 6.50. The smallest absolute Gasteiger partial charge is 0.0154 e. The van der Waals surface area contributed by atoms with Crippen molar-refractivity contribution in [2.45, 2.75) is 29.6 Å². The molecule has 3 rings (SSSR count). The Bertz CT molecular complexity index is 529. The van der Waals surface area contributed by atoms with E-state index in [0.717, 1.165) is 0 Å². The summed E-state index contributed by atoms with van der Waals surface area (Å²) in [5, 5.41) is 0. The lowest BCUT2D eigenvalue weighted by Gasteiger charge is -2.05. The van der Waals surface area contributed by atoms with Gasteiger partial charge in [-0.25, -0.2) is 0 Å². The Morgan fingerprint density at radius 1 is 0.875 bits per heavy atom. The highest BCUT2D eigenvalue weighted by Crippen LogP contribution is 2.37. The molecule has 0 unspecified atom stereocenters. The zero-order valence-corrected chi connectivity index (χ0v) is 10.2. The average molecular weight is 226 g/mol. The fourth-order valence-corrected chi connectivity index (χ4v) is 3.31. The van der Waals surface area contributed by atoms with Gasteiger partial charge < -0.3 is 0 Å². The monoisotopic (exact) mass is 226 g/mol. The zero-order valence-electron chi connectivity index (χ0n) is 9.36. The van der Waals surface area contributed by atoms with Gasteiger partial charge in [0.2, 0.25) is 0 Å². The van der Waals surface area contributed by atoms with Gasteiger partial charge in [0.1, 0.15) is 0 Å². The second kappa shape index (κ2) is 3.99. The van der Waals surface area contributed by atoms with E-state index in [1.807, 2.05) is 11.8 Å². The molecule has 16 heavy (non-hydrogen) atoms. The van der Waals surface area contributed by atoms with Gasteiger partial charge in [-0.05, 0) is 43.0 Å². The Kier molecular flexibility index (Phi) is 2.49. The Hall–Kier alpha value is -1.21. The van der Waals surface area contributed by atoms with E-state index in [2.05, 4.69) is 49.4 Å². The number of aryl methyl sites for hydroxylation is 3. The fourth-order valence-electron chi connectivity index (χ4n) is 2.20. The van der Waals surface area contributed by atoms with Crippen LogP contribution in [0.15, 0.2) is 52.3 Å². The van der Waals surface area contributed by atoms with Gasteiger partial charge >= 0.3 is 0 Å². The topological polar surface area (TPSA) is 0 Å². The standard InChI is InChI=1S/C15H14S/c1-11-6-9-15-13(10-11)8-7-12-4-2-3-5-14(12)16-15/h2-6,9-10H,7-8H2,1H3. The normalized spacial score (nSPS) is 13.8. The number of rotatable bonds is 0. The van der Waals surface area contributed by atoms with Crippen molar-refractivity contribution in [3.05, 3.63) is 59.2 Å². The van der Waals surface area contributed by atoms with Gasteiger partial charge in [-0.15, -0.1) is 0 Å². The highest BCUT2D eigenvalue weighted by atomic mass is 32.2. The van der Waals surface area contributed by atoms with Crippen molar-refractivity contribution in [3.63, 3.8) is 0 Å². The van der Waals surface area contributed by atoms with E-state index in [1.165, 1.54) is 39.3 Å². The Labute approximate surface area is 101 Å². The van der Waals surface area contributed by atoms with Crippen molar-refractivity contribution in [2.75, 3.05) is 0 Å². The largest absolute Gasteiger partial charge is 0.0895 e. The number of hydrogen-bond donors (Lipinski definition) is 0. The molecule has 0 saturated heterocycles. The Morgan fingerprint density at radius 3 is 2.56 bits per heavy atom. The summed E-state index contributed by atoms with van der Waals surface area (Å²) in [6, 6.07) is 15.5. The third-order valence-corrected chi connectivity index (χ3v) is 4.31. The van der Waals surface area contributed by atoms with Crippen LogP contribution in [0.4, 0.5) is 0 Å². The third-order valence-electron chi connectivity index (χ3n) is 3.07. The highest BCUT2D eigenvalue weighted by Gasteiger charge is 2.12. The molecule has 80 valence electrons. The molecule has 0 atom stereocenters. The predicted molar refractivity (Wildman–Crippen MR) is 69.2 cm³/mol. The molecule has 2 aromatic carbocycles. The van der Waals surface area contributed by atoms with Crippen molar-refractivity contribution in [2.24, 2.45) is 0 Å². The summed E-state index contributed by atoms with van der Waals surface area (Å²) in [6.45, 7) is 2.17. The second-order valence-electron chi connectivity index (χ2n) is 4.32. The van der Waals surface area contributed by atoms with Crippen LogP contribution in [0, 0.1) is 6.92 Å². The summed E-state index contributed by atoms with van der Waals surface area (Å²) in [5.74, 6) is 0. The van der Waals surface area contributed by atoms with Crippen LogP contribution < -0.4 is 0 Å². The number of fused-ring (bicyclic) bond motifs is 2. The number of benzene rings is 2. The van der Waals surface area contributed by atoms with Crippen LogP contribution >= 0.6 is 11.8 Å². The molecule has 0 amide bonds. The second-order valence-corrected chi connectivity index (χ2v) is 5.40. The van der Waals surface area contributed by atoms with Crippen LogP contribution in [-0.4, -0.2) is 0 Å². The minimum atomic E-state index is 1.17. The molecule has 2 aromatic rings. The Balaban J connectivity index is 2.08. The van der Waals surface area contributed by atoms with Gasteiger partial charge in [-0.3, -0.25) is 0 Å². The summed E-state index contributed by atoms with van der Waals surface area (Å²) < 4.78 is 0. The van der Waals surface area contributed by atoms with Gasteiger partial charge in [0.05, 0.1) is 0 Å². The van der Waals surface area contributed by atoms with Crippen LogP contribution in [0.3, 0.4) is 0 Å². The maximum atomic E-state index is 2.33. The van der Waals surface area contributed by atoms with Crippen molar-refractivity contribution in [1.29, 1.82) is 0 Å². The molecule has 0 aliphatic carbocycles. The maximum Gasteiger partial charge on any atom is 0.0154 e. The van der Waals surface area contributed by atoms with Crippen molar-refractivity contribution in [1.82, 2.24) is 0 Å². The summed E-state index contributed by atoms with van der Waals surface area (Å²) >= 11 is 1.91. The molecule has 0 bridgehead atoms. The molecule has 0 spiro atoms. The molecule has 1 heterocycles. The lowest BCUT2D eigenvalue weighted by molar-refractivity contribution is 0.925. The first kappa shape index (κ1) is 9.98. The summed E-state index contributed by atoms with van der Waals surface area (Å²) in [6.07, 6.45) is 2.33. The van der Waals surface area contributed by atoms with Gasteiger partial charge in [0, 0.05) is 9.79 Å². The van der Waals surface area contributed by atoms with Crippen LogP contribution in [0.5, 0.6) is 0 Å². The van der Waals surface area contributed by atoms with Crippen molar-refractivity contribution >= 4 is 11.8 Å². The molecule has 1 aliphatic heterocycles. The molecule has 0 saturated carbocycles. The average Bonchev–Trinajstić information content (AvgIpc) is 2.48. The Morgan fingerprint density at radius 2 is 1.62 bits per heavy atom. The van der Waals surface area contributed by atoms with E-state index in [-0.39, 0.29) is 0 Å². The third kappa shape index (κ3) is 1.76. The molecular formula is C15H14S. The quantitative estimate of drug-likeness (QED) is 0.647. The lowest BCUT2D eigenvalue weighted by atomic mass is 10.0. The molecule has 0 nitrogen and oxygen atoms in total. The van der Waals surface area contributed by atoms with Gasteiger partial charge in [0.15, 0.2) is 0 Å². The minimum absolute atomic E-state index is 1.17. The molecular weight excluding hydrogens is 212 g/mol. The van der Waals surface area contributed by atoms with E-state index < -0.39 is 0 Å². The summed E-state index contributed by atoms with van der Waals surface area (Å²) in [4.78, 5) is 2.85. The van der Waals surface area contributed by atoms with Crippen LogP contribution in [0.1, 0.15) is 16.7 Å². The molecule has 0 radical (unpaired) electrons. The van der Waals surface area contributed by atoms with Crippen LogP contribution in [0.25, 0.3) is 0 Å². The van der Waals surface area contributed by atoms with Crippen molar-refractivity contribution in [3.8, 4) is 0 Å². The molecule has 0 aromatic heterocycles. The van der Waals surface area contributed by atoms with E-state index in [4.69, 9.17) is 0 Å². The SMILES string of the molecule is Cc1ccc2c(c1)CCc1ccccc1S2. The first-order chi connectivity index (χ1) is 7.83. The van der Waals surface area contributed by atoms with Crippen LogP contribution in [0.2, 0.25) is 0 Å². The van der Waals surface area contributed by atoms with E-state index >= 15 is 0 Å². The van der Waals surface area contributed by atoms with Crippen molar-refractivity contribution < 1.29 is 0 Å². The lowest BCUT2D eigenvalue weighted by Crippen LogP contribution is -1.90. The summed E-state index contributed by atoms with van der Waals surface area (Å²) in [7, 11) is 0. The highest BCUT2D eigenvalue weighted by molar-refractivity contribution is 7.99. The van der Waals surface area contributed by atoms with Crippen LogP contribution in [-0.2, 0) is 12.8 Å². The summed E-state index contributed by atoms with van der Waals surface area (Å²) in [5.41, 5.74) is 4.35. The molecule has 0 fully saturated rings. The van der Waals surface area contributed by atoms with E-state index in [9.17, 15) is 0 Å². The molecule has 0 N–H and O–H groups in total. The predicted octanol–water partition coefficient (Wildman–Crippen LogP) is 4.24. The van der Waals surface area contributed by atoms with Gasteiger partial charge in [-0.1, -0.05) is 47.7 Å². The zero-order chi connectivity index (χ0) is 11.0. The van der Waals surface area contributed by atoms with E-state index in [0.29, 0.717) is 0 Å². The van der Waals surface area contributed by atoms with E-state index in [1.54, 1.807) is 0 Å². The maximum absolute atomic E-state index is 2.33. The first-order valence-electron chi connectivity index (χ1n) is 5.68. The van der Waals surface area contributed by atoms with Gasteiger partial charge in [-0.2, -0.15) is 0 Å². The fraction of sp³-hybridized carbons (Fsp3) is 0.200. The minimum Gasteiger partial charge on any atom is -0.0895 e. The molecule has 1 aliphatic rings. The van der Waals surface area contributed by atoms with Gasteiger partial charge in [0.25, 0.3) is 0 Å². The number of hydrogen-bond acceptors (Lipinski definition) is 1.